The second-order valence-electron chi connectivity index (χ2n) is 8.01. The first kappa shape index (κ1) is 24.5. The summed E-state index contributed by atoms with van der Waals surface area (Å²) in [5.74, 6) is -1.30. The summed E-state index contributed by atoms with van der Waals surface area (Å²) in [7, 11) is -3.51. The molecule has 12 heteroatoms. The molecule has 2 heterocycles. The van der Waals surface area contributed by atoms with Gasteiger partial charge >= 0.3 is 12.3 Å². The average molecular weight is 507 g/mol. The predicted molar refractivity (Wildman–Crippen MR) is 123 cm³/mol. The summed E-state index contributed by atoms with van der Waals surface area (Å²) < 4.78 is 65.3. The standard InChI is InChI=1S/C23H21F3N4O4S/c1-35(33,34)17-9-7-16(8-10-17)19-18(15-5-3-2-4-6-15)20(28-21(27-19)23(24,25)26)29-11-13-30(14-12-29)22(31)32/h2-10H,11-14H2,1H3,(H,31,32). The van der Waals surface area contributed by atoms with Crippen LogP contribution < -0.4 is 4.90 Å². The lowest BCUT2D eigenvalue weighted by molar-refractivity contribution is -0.144. The molecule has 1 fully saturated rings. The maximum Gasteiger partial charge on any atom is 0.451 e. The molecule has 0 atom stereocenters. The van der Waals surface area contributed by atoms with Crippen molar-refractivity contribution in [3.8, 4) is 22.4 Å². The Morgan fingerprint density at radius 2 is 1.51 bits per heavy atom. The quantitative estimate of drug-likeness (QED) is 0.570. The van der Waals surface area contributed by atoms with Crippen LogP contribution in [0.1, 0.15) is 5.82 Å². The zero-order valence-electron chi connectivity index (χ0n) is 18.5. The molecule has 35 heavy (non-hydrogen) atoms. The molecular weight excluding hydrogens is 485 g/mol. The van der Waals surface area contributed by atoms with Crippen LogP contribution in [0.5, 0.6) is 0 Å². The number of nitrogens with zero attached hydrogens (tertiary/aromatic N) is 4. The molecule has 2 aromatic carbocycles. The van der Waals surface area contributed by atoms with Gasteiger partial charge in [-0.15, -0.1) is 0 Å². The van der Waals surface area contributed by atoms with Gasteiger partial charge in [0, 0.05) is 38.0 Å². The number of aromatic nitrogens is 2. The van der Waals surface area contributed by atoms with E-state index in [2.05, 4.69) is 9.97 Å². The van der Waals surface area contributed by atoms with E-state index in [9.17, 15) is 31.5 Å². The number of benzene rings is 2. The van der Waals surface area contributed by atoms with E-state index in [1.165, 1.54) is 29.2 Å². The average Bonchev–Trinajstić information content (AvgIpc) is 2.83. The van der Waals surface area contributed by atoms with Gasteiger partial charge in [0.25, 0.3) is 0 Å². The van der Waals surface area contributed by atoms with Crippen LogP contribution in [0.25, 0.3) is 22.4 Å². The molecule has 0 saturated carbocycles. The summed E-state index contributed by atoms with van der Waals surface area (Å²) >= 11 is 0. The molecule has 0 unspecified atom stereocenters. The van der Waals surface area contributed by atoms with E-state index in [-0.39, 0.29) is 48.1 Å². The molecule has 0 radical (unpaired) electrons. The van der Waals surface area contributed by atoms with Gasteiger partial charge in [0.2, 0.25) is 5.82 Å². The van der Waals surface area contributed by atoms with Crippen LogP contribution in [0.2, 0.25) is 0 Å². The minimum atomic E-state index is -4.84. The first-order valence-electron chi connectivity index (χ1n) is 10.5. The molecule has 1 N–H and O–H groups in total. The zero-order chi connectivity index (χ0) is 25.4. The Morgan fingerprint density at radius 3 is 2.03 bits per heavy atom. The number of sulfone groups is 1. The normalized spacial score (nSPS) is 14.7. The van der Waals surface area contributed by atoms with E-state index in [4.69, 9.17) is 0 Å². The fourth-order valence-corrected chi connectivity index (χ4v) is 4.48. The summed E-state index contributed by atoms with van der Waals surface area (Å²) in [6, 6.07) is 14.1. The van der Waals surface area contributed by atoms with Crippen molar-refractivity contribution in [2.24, 2.45) is 0 Å². The summed E-state index contributed by atoms with van der Waals surface area (Å²) in [6.45, 7) is 0.500. The Morgan fingerprint density at radius 1 is 0.914 bits per heavy atom. The van der Waals surface area contributed by atoms with Gasteiger partial charge in [0.15, 0.2) is 9.84 Å². The molecule has 1 aliphatic heterocycles. The van der Waals surface area contributed by atoms with Crippen molar-refractivity contribution in [2.75, 3.05) is 37.3 Å². The molecule has 0 bridgehead atoms. The van der Waals surface area contributed by atoms with Crippen LogP contribution in [0, 0.1) is 0 Å². The highest BCUT2D eigenvalue weighted by molar-refractivity contribution is 7.90. The van der Waals surface area contributed by atoms with Gasteiger partial charge in [-0.05, 0) is 17.7 Å². The third-order valence-electron chi connectivity index (χ3n) is 5.61. The number of hydrogen-bond donors (Lipinski definition) is 1. The highest BCUT2D eigenvalue weighted by Crippen LogP contribution is 2.40. The Kier molecular flexibility index (Phi) is 6.41. The SMILES string of the molecule is CS(=O)(=O)c1ccc(-c2nc(C(F)(F)F)nc(N3CCN(C(=O)O)CC3)c2-c2ccccc2)cc1. The number of alkyl halides is 3. The van der Waals surface area contributed by atoms with E-state index in [0.29, 0.717) is 11.1 Å². The zero-order valence-corrected chi connectivity index (χ0v) is 19.3. The number of anilines is 1. The van der Waals surface area contributed by atoms with Gasteiger partial charge in [-0.25, -0.2) is 23.2 Å². The Hall–Kier alpha value is -3.67. The van der Waals surface area contributed by atoms with Crippen molar-refractivity contribution in [1.82, 2.24) is 14.9 Å². The first-order chi connectivity index (χ1) is 16.4. The highest BCUT2D eigenvalue weighted by Gasteiger charge is 2.38. The first-order valence-corrected chi connectivity index (χ1v) is 12.4. The monoisotopic (exact) mass is 506 g/mol. The van der Waals surface area contributed by atoms with Gasteiger partial charge in [0.1, 0.15) is 5.82 Å². The molecule has 8 nitrogen and oxygen atoms in total. The molecule has 3 aromatic rings. The van der Waals surface area contributed by atoms with E-state index in [1.807, 2.05) is 0 Å². The molecule has 0 aliphatic carbocycles. The molecule has 1 aromatic heterocycles. The third-order valence-corrected chi connectivity index (χ3v) is 6.74. The molecule has 0 spiro atoms. The van der Waals surface area contributed by atoms with Crippen LogP contribution in [0.3, 0.4) is 0 Å². The Bertz CT molecular complexity index is 1340. The van der Waals surface area contributed by atoms with Crippen molar-refractivity contribution >= 4 is 21.7 Å². The van der Waals surface area contributed by atoms with Crippen LogP contribution in [-0.4, -0.2) is 66.9 Å². The van der Waals surface area contributed by atoms with Crippen molar-refractivity contribution in [3.63, 3.8) is 0 Å². The fraction of sp³-hybridized carbons (Fsp3) is 0.261. The summed E-state index contributed by atoms with van der Waals surface area (Å²) in [5, 5.41) is 9.24. The summed E-state index contributed by atoms with van der Waals surface area (Å²) in [6.07, 6.45) is -4.90. The maximum atomic E-state index is 13.8. The number of piperazine rings is 1. The van der Waals surface area contributed by atoms with Gasteiger partial charge in [-0.3, -0.25) is 0 Å². The Labute approximate surface area is 199 Å². The maximum absolute atomic E-state index is 13.8. The lowest BCUT2D eigenvalue weighted by Crippen LogP contribution is -2.48. The van der Waals surface area contributed by atoms with Crippen molar-refractivity contribution in [3.05, 3.63) is 60.4 Å². The number of rotatable bonds is 4. The van der Waals surface area contributed by atoms with Crippen molar-refractivity contribution in [1.29, 1.82) is 0 Å². The van der Waals surface area contributed by atoms with Crippen molar-refractivity contribution in [2.45, 2.75) is 11.1 Å². The molecule has 1 amide bonds. The van der Waals surface area contributed by atoms with E-state index < -0.39 is 27.9 Å². The molecule has 184 valence electrons. The van der Waals surface area contributed by atoms with Gasteiger partial charge < -0.3 is 14.9 Å². The van der Waals surface area contributed by atoms with E-state index in [1.54, 1.807) is 35.2 Å². The molecule has 1 aliphatic rings. The topological polar surface area (TPSA) is 104 Å². The van der Waals surface area contributed by atoms with Gasteiger partial charge in [0.05, 0.1) is 16.2 Å². The highest BCUT2D eigenvalue weighted by atomic mass is 32.2. The summed E-state index contributed by atoms with van der Waals surface area (Å²) in [5.41, 5.74) is 1.19. The lowest BCUT2D eigenvalue weighted by atomic mass is 9.98. The minimum Gasteiger partial charge on any atom is -0.465 e. The van der Waals surface area contributed by atoms with Crippen LogP contribution in [0.4, 0.5) is 23.8 Å². The van der Waals surface area contributed by atoms with E-state index in [0.717, 1.165) is 6.26 Å². The van der Waals surface area contributed by atoms with Crippen LogP contribution in [0.15, 0.2) is 59.5 Å². The lowest BCUT2D eigenvalue weighted by Gasteiger charge is -2.35. The second-order valence-corrected chi connectivity index (χ2v) is 10.0. The predicted octanol–water partition coefficient (Wildman–Crippen LogP) is 4.03. The van der Waals surface area contributed by atoms with Crippen LogP contribution >= 0.6 is 0 Å². The van der Waals surface area contributed by atoms with Crippen molar-refractivity contribution < 1.29 is 31.5 Å². The number of amides is 1. The fourth-order valence-electron chi connectivity index (χ4n) is 3.85. The minimum absolute atomic E-state index is 0.00533. The van der Waals surface area contributed by atoms with E-state index >= 15 is 0 Å². The third kappa shape index (κ3) is 5.21. The second kappa shape index (κ2) is 9.17. The van der Waals surface area contributed by atoms with Gasteiger partial charge in [-0.1, -0.05) is 42.5 Å². The summed E-state index contributed by atoms with van der Waals surface area (Å²) in [4.78, 5) is 21.9. The number of hydrogen-bond acceptors (Lipinski definition) is 6. The van der Waals surface area contributed by atoms with Gasteiger partial charge in [-0.2, -0.15) is 13.2 Å². The van der Waals surface area contributed by atoms with Crippen LogP contribution in [-0.2, 0) is 16.0 Å². The number of carbonyl (C=O) groups is 1. The smallest absolute Gasteiger partial charge is 0.451 e. The Balaban J connectivity index is 1.94. The number of halogens is 3. The molecule has 4 rings (SSSR count). The number of carboxylic acid groups (broad SMARTS) is 1. The molecular formula is C23H21F3N4O4S. The largest absolute Gasteiger partial charge is 0.465 e. The molecule has 1 saturated heterocycles.